The average molecular weight is 435 g/mol. The molecule has 5 rings (SSSR count). The quantitative estimate of drug-likeness (QED) is 0.591. The van der Waals surface area contributed by atoms with E-state index in [9.17, 15) is 0 Å². The van der Waals surface area contributed by atoms with Gasteiger partial charge in [0.15, 0.2) is 5.11 Å². The normalized spacial score (nSPS) is 23.2. The molecule has 31 heavy (non-hydrogen) atoms. The highest BCUT2D eigenvalue weighted by Gasteiger charge is 2.42. The molecule has 3 aromatic rings. The molecular weight excluding hydrogens is 408 g/mol. The topological polar surface area (TPSA) is 51.5 Å². The predicted molar refractivity (Wildman–Crippen MR) is 123 cm³/mol. The van der Waals surface area contributed by atoms with Gasteiger partial charge in [-0.15, -0.1) is 0 Å². The van der Waals surface area contributed by atoms with Gasteiger partial charge in [-0.25, -0.2) is 0 Å². The van der Waals surface area contributed by atoms with Crippen molar-refractivity contribution in [2.45, 2.75) is 31.0 Å². The largest absolute Gasteiger partial charge is 0.497 e. The van der Waals surface area contributed by atoms with Crippen molar-refractivity contribution in [2.75, 3.05) is 20.3 Å². The van der Waals surface area contributed by atoms with Gasteiger partial charge < -0.3 is 24.3 Å². The summed E-state index contributed by atoms with van der Waals surface area (Å²) in [7, 11) is 1.69. The first kappa shape index (κ1) is 20.0. The SMILES string of the molecule is COc1cccc(-n2cccc2C2C(c3ccccn3)NC(=S)N2CC2CCCO2)c1. The van der Waals surface area contributed by atoms with E-state index in [1.807, 2.05) is 36.5 Å². The van der Waals surface area contributed by atoms with Crippen LogP contribution in [0, 0.1) is 0 Å². The lowest BCUT2D eigenvalue weighted by Gasteiger charge is -2.30. The Kier molecular flexibility index (Phi) is 5.61. The van der Waals surface area contributed by atoms with E-state index >= 15 is 0 Å². The van der Waals surface area contributed by atoms with E-state index in [0.717, 1.165) is 53.9 Å². The minimum Gasteiger partial charge on any atom is -0.497 e. The summed E-state index contributed by atoms with van der Waals surface area (Å²) in [6, 6.07) is 18.3. The van der Waals surface area contributed by atoms with Crippen molar-refractivity contribution < 1.29 is 9.47 Å². The highest BCUT2D eigenvalue weighted by Crippen LogP contribution is 2.40. The average Bonchev–Trinajstić information content (AvgIpc) is 3.56. The first-order valence-electron chi connectivity index (χ1n) is 10.7. The standard InChI is InChI=1S/C24H26N4O2S/c1-29-18-8-4-7-17(15-18)27-13-5-11-21(27)23-22(20-10-2-3-12-25-20)26-24(31)28(23)16-19-9-6-14-30-19/h2-5,7-8,10-13,15,19,22-23H,6,9,14,16H2,1H3,(H,26,31). The predicted octanol–water partition coefficient (Wildman–Crippen LogP) is 4.03. The van der Waals surface area contributed by atoms with Crippen LogP contribution in [0.4, 0.5) is 0 Å². The van der Waals surface area contributed by atoms with Gasteiger partial charge in [0.1, 0.15) is 5.75 Å². The van der Waals surface area contributed by atoms with E-state index in [0.29, 0.717) is 0 Å². The van der Waals surface area contributed by atoms with Crippen molar-refractivity contribution >= 4 is 17.3 Å². The highest BCUT2D eigenvalue weighted by molar-refractivity contribution is 7.80. The molecule has 7 heteroatoms. The first-order chi connectivity index (χ1) is 15.2. The molecule has 4 heterocycles. The number of nitrogens with one attached hydrogen (secondary N) is 1. The summed E-state index contributed by atoms with van der Waals surface area (Å²) in [6.45, 7) is 1.59. The van der Waals surface area contributed by atoms with Crippen LogP contribution in [-0.2, 0) is 4.74 Å². The second-order valence-corrected chi connectivity index (χ2v) is 8.31. The van der Waals surface area contributed by atoms with Gasteiger partial charge in [0, 0.05) is 43.0 Å². The Morgan fingerprint density at radius 2 is 2.13 bits per heavy atom. The van der Waals surface area contributed by atoms with E-state index in [4.69, 9.17) is 21.7 Å². The maximum absolute atomic E-state index is 5.95. The first-order valence-corrected chi connectivity index (χ1v) is 11.1. The molecule has 0 aliphatic carbocycles. The van der Waals surface area contributed by atoms with E-state index in [-0.39, 0.29) is 18.2 Å². The molecule has 160 valence electrons. The van der Waals surface area contributed by atoms with Gasteiger partial charge in [0.2, 0.25) is 0 Å². The summed E-state index contributed by atoms with van der Waals surface area (Å²) in [6.07, 6.45) is 6.29. The maximum Gasteiger partial charge on any atom is 0.170 e. The number of hydrogen-bond acceptors (Lipinski definition) is 4. The molecule has 3 unspecified atom stereocenters. The Morgan fingerprint density at radius 3 is 2.90 bits per heavy atom. The minimum atomic E-state index is -0.0469. The van der Waals surface area contributed by atoms with Crippen LogP contribution in [0.2, 0.25) is 0 Å². The summed E-state index contributed by atoms with van der Waals surface area (Å²) in [5.74, 6) is 0.828. The zero-order valence-electron chi connectivity index (χ0n) is 17.5. The molecule has 6 nitrogen and oxygen atoms in total. The van der Waals surface area contributed by atoms with Gasteiger partial charge in [-0.2, -0.15) is 0 Å². The highest BCUT2D eigenvalue weighted by atomic mass is 32.1. The molecule has 0 saturated carbocycles. The Bertz CT molecular complexity index is 1050. The number of ether oxygens (including phenoxy) is 2. The molecule has 2 aromatic heterocycles. The molecular formula is C24H26N4O2S. The van der Waals surface area contributed by atoms with Crippen LogP contribution in [0.3, 0.4) is 0 Å². The summed E-state index contributed by atoms with van der Waals surface area (Å²) in [5.41, 5.74) is 3.17. The number of thiocarbonyl (C=S) groups is 1. The number of hydrogen-bond donors (Lipinski definition) is 1. The molecule has 0 amide bonds. The molecule has 2 fully saturated rings. The van der Waals surface area contributed by atoms with E-state index in [1.54, 1.807) is 7.11 Å². The van der Waals surface area contributed by atoms with E-state index < -0.39 is 0 Å². The fourth-order valence-electron chi connectivity index (χ4n) is 4.56. The van der Waals surface area contributed by atoms with E-state index in [1.165, 1.54) is 0 Å². The Morgan fingerprint density at radius 1 is 1.19 bits per heavy atom. The Labute approximate surface area is 187 Å². The summed E-state index contributed by atoms with van der Waals surface area (Å²) >= 11 is 5.80. The Balaban J connectivity index is 1.57. The lowest BCUT2D eigenvalue weighted by atomic mass is 10.0. The van der Waals surface area contributed by atoms with Crippen molar-refractivity contribution in [2.24, 2.45) is 0 Å². The van der Waals surface area contributed by atoms with Crippen molar-refractivity contribution in [1.29, 1.82) is 0 Å². The molecule has 1 N–H and O–H groups in total. The molecule has 0 spiro atoms. The second-order valence-electron chi connectivity index (χ2n) is 7.92. The minimum absolute atomic E-state index is 0.00667. The van der Waals surface area contributed by atoms with Crippen molar-refractivity contribution in [1.82, 2.24) is 19.8 Å². The van der Waals surface area contributed by atoms with Crippen molar-refractivity contribution in [3.05, 3.63) is 78.4 Å². The van der Waals surface area contributed by atoms with Gasteiger partial charge >= 0.3 is 0 Å². The molecule has 3 atom stereocenters. The fraction of sp³-hybridized carbons (Fsp3) is 0.333. The van der Waals surface area contributed by atoms with Crippen LogP contribution in [0.5, 0.6) is 5.75 Å². The molecule has 2 aliphatic heterocycles. The fourth-order valence-corrected chi connectivity index (χ4v) is 4.88. The van der Waals surface area contributed by atoms with Crippen LogP contribution < -0.4 is 10.1 Å². The number of nitrogens with zero attached hydrogens (tertiary/aromatic N) is 3. The van der Waals surface area contributed by atoms with Crippen LogP contribution in [-0.4, -0.2) is 45.9 Å². The van der Waals surface area contributed by atoms with Crippen LogP contribution in [0.1, 0.15) is 36.3 Å². The number of methoxy groups -OCH3 is 1. The Hall–Kier alpha value is -2.90. The van der Waals surface area contributed by atoms with Crippen LogP contribution in [0.25, 0.3) is 5.69 Å². The van der Waals surface area contributed by atoms with Crippen molar-refractivity contribution in [3.63, 3.8) is 0 Å². The van der Waals surface area contributed by atoms with Gasteiger partial charge in [-0.1, -0.05) is 12.1 Å². The van der Waals surface area contributed by atoms with Gasteiger partial charge in [0.05, 0.1) is 31.0 Å². The number of benzene rings is 1. The molecule has 2 saturated heterocycles. The third kappa shape index (κ3) is 3.91. The molecule has 0 bridgehead atoms. The number of aromatic nitrogens is 2. The zero-order valence-corrected chi connectivity index (χ0v) is 18.3. The monoisotopic (exact) mass is 434 g/mol. The van der Waals surface area contributed by atoms with Crippen LogP contribution >= 0.6 is 12.2 Å². The molecule has 1 aromatic carbocycles. The number of rotatable bonds is 6. The zero-order chi connectivity index (χ0) is 21.2. The van der Waals surface area contributed by atoms with Crippen LogP contribution in [0.15, 0.2) is 67.0 Å². The summed E-state index contributed by atoms with van der Waals surface area (Å²) < 4.78 is 13.6. The van der Waals surface area contributed by atoms with Gasteiger partial charge in [0.25, 0.3) is 0 Å². The maximum atomic E-state index is 5.95. The smallest absolute Gasteiger partial charge is 0.170 e. The molecule has 0 radical (unpaired) electrons. The lowest BCUT2D eigenvalue weighted by molar-refractivity contribution is 0.0836. The number of pyridine rings is 1. The summed E-state index contributed by atoms with van der Waals surface area (Å²) in [5, 5.41) is 4.28. The second kappa shape index (κ2) is 8.69. The third-order valence-electron chi connectivity index (χ3n) is 6.04. The summed E-state index contributed by atoms with van der Waals surface area (Å²) in [4.78, 5) is 6.92. The molecule has 2 aliphatic rings. The van der Waals surface area contributed by atoms with Gasteiger partial charge in [-0.3, -0.25) is 4.98 Å². The van der Waals surface area contributed by atoms with Crippen molar-refractivity contribution in [3.8, 4) is 11.4 Å². The van der Waals surface area contributed by atoms with Gasteiger partial charge in [-0.05, 0) is 61.5 Å². The lowest BCUT2D eigenvalue weighted by Crippen LogP contribution is -2.36. The van der Waals surface area contributed by atoms with E-state index in [2.05, 4.69) is 50.2 Å². The third-order valence-corrected chi connectivity index (χ3v) is 6.39.